The lowest BCUT2D eigenvalue weighted by Gasteiger charge is -2.12. The summed E-state index contributed by atoms with van der Waals surface area (Å²) < 4.78 is 10.3. The Bertz CT molecular complexity index is 744. The van der Waals surface area contributed by atoms with Crippen LogP contribution in [0.5, 0.6) is 0 Å². The van der Waals surface area contributed by atoms with Crippen LogP contribution >= 0.6 is 0 Å². The Kier molecular flexibility index (Phi) is 33.4. The maximum absolute atomic E-state index is 11.9. The van der Waals surface area contributed by atoms with E-state index in [1.165, 1.54) is 96.3 Å². The Labute approximate surface area is 277 Å². The summed E-state index contributed by atoms with van der Waals surface area (Å²) in [6, 6.07) is 0. The van der Waals surface area contributed by atoms with Crippen LogP contribution in [0, 0.1) is 0 Å². The van der Waals surface area contributed by atoms with Crippen molar-refractivity contribution in [2.24, 2.45) is 0 Å². The van der Waals surface area contributed by atoms with Crippen LogP contribution in [-0.4, -0.2) is 42.1 Å². The Balaban J connectivity index is 3.51. The molecule has 0 unspecified atom stereocenters. The average molecular weight is 635 g/mol. The van der Waals surface area contributed by atoms with Gasteiger partial charge in [-0.05, 0) is 38.2 Å². The number of aliphatic hydroxyl groups is 1. The van der Waals surface area contributed by atoms with Crippen molar-refractivity contribution >= 4 is 17.7 Å². The van der Waals surface area contributed by atoms with Gasteiger partial charge in [-0.1, -0.05) is 154 Å². The van der Waals surface area contributed by atoms with Crippen LogP contribution in [0.25, 0.3) is 0 Å². The molecule has 0 bridgehead atoms. The van der Waals surface area contributed by atoms with Crippen LogP contribution in [-0.2, 0) is 23.9 Å². The second-order valence-electron chi connectivity index (χ2n) is 12.7. The first-order chi connectivity index (χ1) is 22.0. The summed E-state index contributed by atoms with van der Waals surface area (Å²) in [5, 5.41) is 9.99. The van der Waals surface area contributed by atoms with Crippen molar-refractivity contribution in [3.63, 3.8) is 0 Å². The average Bonchev–Trinajstić information content (AvgIpc) is 3.03. The second kappa shape index (κ2) is 34.9. The number of ketones is 1. The Hall–Kier alpha value is -1.95. The zero-order chi connectivity index (χ0) is 33.1. The SMILES string of the molecule is CCCCC/C=C\C=C\C(=O)CCCCCCCC(=O)OC[C@H](O)COC(=O)CCCCCCCCCCCCCCCCC. The fraction of sp³-hybridized carbons (Fsp3) is 0.821. The molecule has 6 heteroatoms. The molecular weight excluding hydrogens is 564 g/mol. The quantitative estimate of drug-likeness (QED) is 0.0328. The van der Waals surface area contributed by atoms with Crippen LogP contribution in [0.3, 0.4) is 0 Å². The molecule has 0 spiro atoms. The van der Waals surface area contributed by atoms with E-state index in [1.807, 2.05) is 12.2 Å². The van der Waals surface area contributed by atoms with Crippen molar-refractivity contribution < 1.29 is 29.0 Å². The number of allylic oxidation sites excluding steroid dienone is 4. The zero-order valence-corrected chi connectivity index (χ0v) is 29.4. The lowest BCUT2D eigenvalue weighted by Crippen LogP contribution is -2.25. The van der Waals surface area contributed by atoms with Gasteiger partial charge in [-0.3, -0.25) is 14.4 Å². The predicted octanol–water partition coefficient (Wildman–Crippen LogP) is 10.7. The van der Waals surface area contributed by atoms with Crippen molar-refractivity contribution in [3.05, 3.63) is 24.3 Å². The van der Waals surface area contributed by atoms with Gasteiger partial charge in [0.1, 0.15) is 19.3 Å². The van der Waals surface area contributed by atoms with Crippen LogP contribution in [0.2, 0.25) is 0 Å². The van der Waals surface area contributed by atoms with Gasteiger partial charge in [-0.15, -0.1) is 0 Å². The number of hydrogen-bond donors (Lipinski definition) is 1. The van der Waals surface area contributed by atoms with Crippen LogP contribution in [0.1, 0.15) is 187 Å². The largest absolute Gasteiger partial charge is 0.463 e. The van der Waals surface area contributed by atoms with E-state index in [4.69, 9.17) is 9.47 Å². The minimum absolute atomic E-state index is 0.145. The molecule has 45 heavy (non-hydrogen) atoms. The predicted molar refractivity (Wildman–Crippen MR) is 187 cm³/mol. The van der Waals surface area contributed by atoms with Gasteiger partial charge < -0.3 is 14.6 Å². The maximum Gasteiger partial charge on any atom is 0.305 e. The van der Waals surface area contributed by atoms with E-state index in [0.717, 1.165) is 57.8 Å². The number of carbonyl (C=O) groups excluding carboxylic acids is 3. The van der Waals surface area contributed by atoms with E-state index in [2.05, 4.69) is 19.9 Å². The third kappa shape index (κ3) is 34.8. The molecule has 0 aromatic heterocycles. The second-order valence-corrected chi connectivity index (χ2v) is 12.7. The maximum atomic E-state index is 11.9. The summed E-state index contributed by atoms with van der Waals surface area (Å²) >= 11 is 0. The Morgan fingerprint density at radius 1 is 0.511 bits per heavy atom. The molecule has 262 valence electrons. The van der Waals surface area contributed by atoms with Crippen LogP contribution in [0.15, 0.2) is 24.3 Å². The molecular formula is C39H70O6. The van der Waals surface area contributed by atoms with E-state index in [0.29, 0.717) is 19.3 Å². The van der Waals surface area contributed by atoms with Crippen molar-refractivity contribution in [2.45, 2.75) is 193 Å². The number of carbonyl (C=O) groups is 3. The van der Waals surface area contributed by atoms with Gasteiger partial charge in [0.15, 0.2) is 5.78 Å². The van der Waals surface area contributed by atoms with Gasteiger partial charge >= 0.3 is 11.9 Å². The Morgan fingerprint density at radius 2 is 0.889 bits per heavy atom. The monoisotopic (exact) mass is 635 g/mol. The van der Waals surface area contributed by atoms with Gasteiger partial charge in [0.05, 0.1) is 0 Å². The molecule has 0 aliphatic heterocycles. The molecule has 0 fully saturated rings. The minimum Gasteiger partial charge on any atom is -0.463 e. The fourth-order valence-corrected chi connectivity index (χ4v) is 5.24. The van der Waals surface area contributed by atoms with Crippen LogP contribution < -0.4 is 0 Å². The van der Waals surface area contributed by atoms with Gasteiger partial charge in [0, 0.05) is 19.3 Å². The molecule has 0 saturated heterocycles. The highest BCUT2D eigenvalue weighted by molar-refractivity contribution is 5.89. The number of rotatable bonds is 34. The number of aliphatic hydroxyl groups excluding tert-OH is 1. The third-order valence-electron chi connectivity index (χ3n) is 8.17. The van der Waals surface area contributed by atoms with Gasteiger partial charge in [0.25, 0.3) is 0 Å². The van der Waals surface area contributed by atoms with Crippen molar-refractivity contribution in [2.75, 3.05) is 13.2 Å². The molecule has 0 aromatic carbocycles. The van der Waals surface area contributed by atoms with E-state index in [1.54, 1.807) is 6.08 Å². The smallest absolute Gasteiger partial charge is 0.305 e. The van der Waals surface area contributed by atoms with Crippen molar-refractivity contribution in [3.8, 4) is 0 Å². The topological polar surface area (TPSA) is 89.9 Å². The third-order valence-corrected chi connectivity index (χ3v) is 8.17. The minimum atomic E-state index is -0.998. The highest BCUT2D eigenvalue weighted by Gasteiger charge is 2.12. The molecule has 6 nitrogen and oxygen atoms in total. The molecule has 0 heterocycles. The molecule has 1 N–H and O–H groups in total. The summed E-state index contributed by atoms with van der Waals surface area (Å²) in [4.78, 5) is 35.8. The standard InChI is InChI=1S/C39H70O6/c1-3-5-7-9-11-12-13-14-15-16-17-18-20-24-28-32-38(42)44-34-37(41)35-45-39(43)33-29-25-21-23-27-31-36(40)30-26-22-19-10-8-6-4-2/h19,22,26,30,37,41H,3-18,20-21,23-25,27-29,31-35H2,1-2H3/b22-19-,30-26+/t37-/m1/s1. The first kappa shape index (κ1) is 43.0. The number of hydrogen-bond acceptors (Lipinski definition) is 6. The lowest BCUT2D eigenvalue weighted by molar-refractivity contribution is -0.152. The van der Waals surface area contributed by atoms with Gasteiger partial charge in [-0.2, -0.15) is 0 Å². The summed E-state index contributed by atoms with van der Waals surface area (Å²) in [6.07, 6.45) is 36.2. The van der Waals surface area contributed by atoms with E-state index in [-0.39, 0.29) is 30.9 Å². The first-order valence-electron chi connectivity index (χ1n) is 18.8. The number of esters is 2. The fourth-order valence-electron chi connectivity index (χ4n) is 5.24. The van der Waals surface area contributed by atoms with Gasteiger partial charge in [0.2, 0.25) is 0 Å². The molecule has 0 aliphatic rings. The Morgan fingerprint density at radius 3 is 1.33 bits per heavy atom. The zero-order valence-electron chi connectivity index (χ0n) is 29.4. The highest BCUT2D eigenvalue weighted by atomic mass is 16.6. The molecule has 0 radical (unpaired) electrons. The first-order valence-corrected chi connectivity index (χ1v) is 18.8. The van der Waals surface area contributed by atoms with Crippen LogP contribution in [0.4, 0.5) is 0 Å². The van der Waals surface area contributed by atoms with E-state index >= 15 is 0 Å². The van der Waals surface area contributed by atoms with Gasteiger partial charge in [-0.25, -0.2) is 0 Å². The molecule has 0 saturated carbocycles. The van der Waals surface area contributed by atoms with E-state index < -0.39 is 6.10 Å². The molecule has 0 amide bonds. The highest BCUT2D eigenvalue weighted by Crippen LogP contribution is 2.14. The number of ether oxygens (including phenoxy) is 2. The van der Waals surface area contributed by atoms with E-state index in [9.17, 15) is 19.5 Å². The summed E-state index contributed by atoms with van der Waals surface area (Å²) in [5.41, 5.74) is 0. The molecule has 1 atom stereocenters. The molecule has 0 aromatic rings. The molecule has 0 aliphatic carbocycles. The summed E-state index contributed by atoms with van der Waals surface area (Å²) in [6.45, 7) is 4.15. The number of unbranched alkanes of at least 4 members (excludes halogenated alkanes) is 21. The summed E-state index contributed by atoms with van der Waals surface area (Å²) in [7, 11) is 0. The molecule has 0 rings (SSSR count). The van der Waals surface area contributed by atoms with Crippen molar-refractivity contribution in [1.29, 1.82) is 0 Å². The normalized spacial score (nSPS) is 12.2. The summed E-state index contributed by atoms with van der Waals surface area (Å²) in [5.74, 6) is -0.491. The van der Waals surface area contributed by atoms with Crippen molar-refractivity contribution in [1.82, 2.24) is 0 Å². The lowest BCUT2D eigenvalue weighted by atomic mass is 10.0.